The van der Waals surface area contributed by atoms with Gasteiger partial charge >= 0.3 is 0 Å². The van der Waals surface area contributed by atoms with Crippen molar-refractivity contribution in [3.8, 4) is 22.6 Å². The van der Waals surface area contributed by atoms with Gasteiger partial charge in [-0.1, -0.05) is 44.2 Å². The molecular formula is C27H28N2O3. The number of carbonyl (C=O) groups excluding carboxylic acids is 1. The molecule has 1 aliphatic heterocycles. The van der Waals surface area contributed by atoms with Crippen molar-refractivity contribution in [3.63, 3.8) is 0 Å². The normalized spacial score (nSPS) is 15.7. The number of nitrogens with one attached hydrogen (secondary N) is 1. The highest BCUT2D eigenvalue weighted by molar-refractivity contribution is 6.01. The van der Waals surface area contributed by atoms with Gasteiger partial charge in [0.1, 0.15) is 5.82 Å². The number of carbonyl (C=O) groups is 1. The number of benzene rings is 2. The molecule has 3 aromatic rings. The number of hydrogen-bond acceptors (Lipinski definition) is 4. The van der Waals surface area contributed by atoms with Crippen LogP contribution >= 0.6 is 0 Å². The van der Waals surface area contributed by atoms with Gasteiger partial charge in [-0.25, -0.2) is 4.98 Å². The Morgan fingerprint density at radius 1 is 1.00 bits per heavy atom. The molecule has 0 saturated heterocycles. The fraction of sp³-hybridized carbons (Fsp3) is 0.333. The lowest BCUT2D eigenvalue weighted by atomic mass is 9.90. The van der Waals surface area contributed by atoms with E-state index in [0.717, 1.165) is 40.8 Å². The second kappa shape index (κ2) is 7.66. The molecule has 2 heterocycles. The highest BCUT2D eigenvalue weighted by Gasteiger charge is 2.52. The third kappa shape index (κ3) is 3.32. The molecule has 0 atom stereocenters. The largest absolute Gasteiger partial charge is 0.454 e. The molecule has 1 saturated carbocycles. The average Bonchev–Trinajstić information content (AvgIpc) is 3.48. The van der Waals surface area contributed by atoms with E-state index >= 15 is 0 Å². The Bertz CT molecular complexity index is 1210. The minimum Gasteiger partial charge on any atom is -0.454 e. The summed E-state index contributed by atoms with van der Waals surface area (Å²) in [5.74, 6) is 2.48. The molecule has 5 nitrogen and oxygen atoms in total. The van der Waals surface area contributed by atoms with Gasteiger partial charge in [-0.2, -0.15) is 0 Å². The van der Waals surface area contributed by atoms with Gasteiger partial charge in [0.2, 0.25) is 12.7 Å². The van der Waals surface area contributed by atoms with Crippen molar-refractivity contribution in [1.82, 2.24) is 4.98 Å². The minimum absolute atomic E-state index is 0.0123. The summed E-state index contributed by atoms with van der Waals surface area (Å²) < 4.78 is 10.9. The third-order valence-electron chi connectivity index (χ3n) is 6.86. The molecule has 164 valence electrons. The molecule has 1 aromatic heterocycles. The third-order valence-corrected chi connectivity index (χ3v) is 6.86. The quantitative estimate of drug-likeness (QED) is 0.551. The van der Waals surface area contributed by atoms with E-state index < -0.39 is 5.41 Å². The molecule has 5 rings (SSSR count). The first kappa shape index (κ1) is 20.6. The predicted molar refractivity (Wildman–Crippen MR) is 125 cm³/mol. The van der Waals surface area contributed by atoms with Crippen LogP contribution in [0.3, 0.4) is 0 Å². The number of fused-ring (bicyclic) bond motifs is 1. The number of rotatable bonds is 5. The summed E-state index contributed by atoms with van der Waals surface area (Å²) in [4.78, 5) is 18.0. The number of pyridine rings is 1. The molecule has 32 heavy (non-hydrogen) atoms. The smallest absolute Gasteiger partial charge is 0.236 e. The van der Waals surface area contributed by atoms with Gasteiger partial charge in [-0.15, -0.1) is 0 Å². The molecule has 1 fully saturated rings. The Morgan fingerprint density at radius 2 is 1.75 bits per heavy atom. The van der Waals surface area contributed by atoms with E-state index in [4.69, 9.17) is 9.47 Å². The van der Waals surface area contributed by atoms with Crippen LogP contribution in [0.15, 0.2) is 48.7 Å². The van der Waals surface area contributed by atoms with Crippen LogP contribution in [-0.2, 0) is 10.2 Å². The SMILES string of the molecule is Cc1c(-c2ccccc2C(C)C)cnc(NC(=O)C2(c3ccc4c(c3)OCO4)CC2)c1C. The van der Waals surface area contributed by atoms with Gasteiger partial charge < -0.3 is 14.8 Å². The van der Waals surface area contributed by atoms with E-state index in [0.29, 0.717) is 17.5 Å². The Labute approximate surface area is 188 Å². The molecule has 1 N–H and O–H groups in total. The van der Waals surface area contributed by atoms with Crippen LogP contribution in [0.2, 0.25) is 0 Å². The molecular weight excluding hydrogens is 400 g/mol. The number of anilines is 1. The van der Waals surface area contributed by atoms with Crippen LogP contribution in [0.25, 0.3) is 11.1 Å². The fourth-order valence-electron chi connectivity index (χ4n) is 4.54. The Morgan fingerprint density at radius 3 is 2.50 bits per heavy atom. The number of ether oxygens (including phenoxy) is 2. The van der Waals surface area contributed by atoms with Crippen molar-refractivity contribution in [2.45, 2.75) is 51.9 Å². The van der Waals surface area contributed by atoms with Gasteiger partial charge in [0.15, 0.2) is 11.5 Å². The lowest BCUT2D eigenvalue weighted by Gasteiger charge is -2.20. The summed E-state index contributed by atoms with van der Waals surface area (Å²) in [5.41, 5.74) is 6.19. The first-order chi connectivity index (χ1) is 15.4. The Kier molecular flexibility index (Phi) is 4.92. The van der Waals surface area contributed by atoms with Crippen LogP contribution in [0.5, 0.6) is 11.5 Å². The van der Waals surface area contributed by atoms with Crippen molar-refractivity contribution in [1.29, 1.82) is 0 Å². The lowest BCUT2D eigenvalue weighted by Crippen LogP contribution is -2.28. The average molecular weight is 429 g/mol. The highest BCUT2D eigenvalue weighted by Crippen LogP contribution is 2.51. The summed E-state index contributed by atoms with van der Waals surface area (Å²) in [6.07, 6.45) is 3.52. The van der Waals surface area contributed by atoms with Crippen LogP contribution in [0.1, 0.15) is 54.9 Å². The van der Waals surface area contributed by atoms with Gasteiger partial charge in [0.05, 0.1) is 5.41 Å². The summed E-state index contributed by atoms with van der Waals surface area (Å²) in [6.45, 7) is 8.76. The highest BCUT2D eigenvalue weighted by atomic mass is 16.7. The van der Waals surface area contributed by atoms with E-state index in [1.807, 2.05) is 31.3 Å². The molecule has 2 aliphatic rings. The number of amides is 1. The van der Waals surface area contributed by atoms with E-state index in [-0.39, 0.29) is 12.7 Å². The van der Waals surface area contributed by atoms with Crippen molar-refractivity contribution < 1.29 is 14.3 Å². The summed E-state index contributed by atoms with van der Waals surface area (Å²) in [7, 11) is 0. The minimum atomic E-state index is -0.522. The Hall–Kier alpha value is -3.34. The topological polar surface area (TPSA) is 60.5 Å². The predicted octanol–water partition coefficient (Wildman–Crippen LogP) is 5.89. The molecule has 1 amide bonds. The number of aromatic nitrogens is 1. The van der Waals surface area contributed by atoms with Crippen molar-refractivity contribution in [2.75, 3.05) is 12.1 Å². The first-order valence-corrected chi connectivity index (χ1v) is 11.2. The number of nitrogens with zero attached hydrogens (tertiary/aromatic N) is 1. The number of hydrogen-bond donors (Lipinski definition) is 1. The van der Waals surface area contributed by atoms with Gasteiger partial charge in [0.25, 0.3) is 0 Å². The lowest BCUT2D eigenvalue weighted by molar-refractivity contribution is -0.118. The summed E-state index contributed by atoms with van der Waals surface area (Å²) in [6, 6.07) is 14.3. The molecule has 0 radical (unpaired) electrons. The van der Waals surface area contributed by atoms with Crippen LogP contribution in [0.4, 0.5) is 5.82 Å². The van der Waals surface area contributed by atoms with Crippen LogP contribution in [-0.4, -0.2) is 17.7 Å². The molecule has 2 aromatic carbocycles. The van der Waals surface area contributed by atoms with E-state index in [1.54, 1.807) is 0 Å². The summed E-state index contributed by atoms with van der Waals surface area (Å²) >= 11 is 0. The van der Waals surface area contributed by atoms with Crippen molar-refractivity contribution in [2.24, 2.45) is 0 Å². The maximum atomic E-state index is 13.3. The molecule has 5 heteroatoms. The maximum absolute atomic E-state index is 13.3. The fourth-order valence-corrected chi connectivity index (χ4v) is 4.54. The zero-order valence-corrected chi connectivity index (χ0v) is 19.0. The van der Waals surface area contributed by atoms with Crippen molar-refractivity contribution in [3.05, 3.63) is 70.9 Å². The first-order valence-electron chi connectivity index (χ1n) is 11.2. The zero-order chi connectivity index (χ0) is 22.5. The van der Waals surface area contributed by atoms with Crippen LogP contribution in [0, 0.1) is 13.8 Å². The monoisotopic (exact) mass is 428 g/mol. The maximum Gasteiger partial charge on any atom is 0.236 e. The standard InChI is InChI=1S/C27H28N2O3/c1-16(2)20-7-5-6-8-21(20)22-14-28-25(18(4)17(22)3)29-26(30)27(11-12-27)19-9-10-23-24(13-19)32-15-31-23/h5-10,13-14,16H,11-12,15H2,1-4H3,(H,28,29,30). The van der Waals surface area contributed by atoms with Gasteiger partial charge in [-0.05, 0) is 72.6 Å². The van der Waals surface area contributed by atoms with E-state index in [1.165, 1.54) is 11.1 Å². The van der Waals surface area contributed by atoms with Crippen LogP contribution < -0.4 is 14.8 Å². The Balaban J connectivity index is 1.43. The molecule has 0 spiro atoms. The summed E-state index contributed by atoms with van der Waals surface area (Å²) in [5, 5.41) is 3.11. The van der Waals surface area contributed by atoms with Gasteiger partial charge in [-0.3, -0.25) is 4.79 Å². The van der Waals surface area contributed by atoms with E-state index in [2.05, 4.69) is 55.3 Å². The second-order valence-corrected chi connectivity index (χ2v) is 9.12. The van der Waals surface area contributed by atoms with Gasteiger partial charge in [0, 0.05) is 11.8 Å². The molecule has 0 unspecified atom stereocenters. The van der Waals surface area contributed by atoms with E-state index in [9.17, 15) is 4.79 Å². The second-order valence-electron chi connectivity index (χ2n) is 9.12. The van der Waals surface area contributed by atoms with Crippen molar-refractivity contribution >= 4 is 11.7 Å². The molecule has 0 bridgehead atoms. The molecule has 1 aliphatic carbocycles. The zero-order valence-electron chi connectivity index (χ0n) is 19.0.